The van der Waals surface area contributed by atoms with Crippen molar-refractivity contribution >= 4 is 17.9 Å². The van der Waals surface area contributed by atoms with Crippen LogP contribution in [0.4, 0.5) is 0 Å². The third kappa shape index (κ3) is 48.5. The van der Waals surface area contributed by atoms with Crippen molar-refractivity contribution in [1.82, 2.24) is 0 Å². The average Bonchev–Trinajstić information content (AvgIpc) is 3.26. The van der Waals surface area contributed by atoms with Crippen LogP contribution in [0.15, 0.2) is 36.5 Å². The highest BCUT2D eigenvalue weighted by molar-refractivity contribution is 5.71. The minimum atomic E-state index is -0.775. The summed E-state index contributed by atoms with van der Waals surface area (Å²) in [6, 6.07) is 0. The molecule has 356 valence electrons. The minimum Gasteiger partial charge on any atom is -0.462 e. The van der Waals surface area contributed by atoms with E-state index in [4.69, 9.17) is 14.2 Å². The Morgan fingerprint density at radius 3 is 0.934 bits per heavy atom. The average molecular weight is 857 g/mol. The maximum Gasteiger partial charge on any atom is 0.306 e. The molecule has 1 atom stereocenters. The number of allylic oxidation sites excluding steroid dienone is 6. The topological polar surface area (TPSA) is 78.9 Å². The molecule has 0 saturated heterocycles. The molecule has 0 fully saturated rings. The molecule has 6 heteroatoms. The maximum absolute atomic E-state index is 12.8. The van der Waals surface area contributed by atoms with Gasteiger partial charge in [-0.15, -0.1) is 0 Å². The van der Waals surface area contributed by atoms with Crippen molar-refractivity contribution < 1.29 is 28.6 Å². The molecule has 0 N–H and O–H groups in total. The summed E-state index contributed by atoms with van der Waals surface area (Å²) in [6.07, 6.45) is 58.4. The number of hydrogen-bond donors (Lipinski definition) is 0. The molecule has 0 heterocycles. The van der Waals surface area contributed by atoms with E-state index < -0.39 is 6.10 Å². The van der Waals surface area contributed by atoms with E-state index in [0.717, 1.165) is 77.0 Å². The van der Waals surface area contributed by atoms with E-state index in [1.54, 1.807) is 0 Å². The summed E-state index contributed by atoms with van der Waals surface area (Å²) in [6.45, 7) is 6.61. The van der Waals surface area contributed by atoms with Crippen molar-refractivity contribution in [3.63, 3.8) is 0 Å². The minimum absolute atomic E-state index is 0.0752. The largest absolute Gasteiger partial charge is 0.462 e. The summed E-state index contributed by atoms with van der Waals surface area (Å²) in [5.74, 6) is -0.882. The van der Waals surface area contributed by atoms with Gasteiger partial charge in [0, 0.05) is 19.3 Å². The van der Waals surface area contributed by atoms with Gasteiger partial charge in [0.1, 0.15) is 13.2 Å². The second kappa shape index (κ2) is 50.3. The smallest absolute Gasteiger partial charge is 0.306 e. The van der Waals surface area contributed by atoms with E-state index in [0.29, 0.717) is 19.3 Å². The first-order chi connectivity index (χ1) is 30.0. The Kier molecular flexibility index (Phi) is 48.3. The highest BCUT2D eigenvalue weighted by Crippen LogP contribution is 2.15. The van der Waals surface area contributed by atoms with Gasteiger partial charge < -0.3 is 14.2 Å². The van der Waals surface area contributed by atoms with Gasteiger partial charge in [0.15, 0.2) is 6.10 Å². The molecule has 0 spiro atoms. The fraction of sp³-hybridized carbons (Fsp3) is 0.836. The molecule has 0 aliphatic heterocycles. The van der Waals surface area contributed by atoms with Crippen LogP contribution in [0.25, 0.3) is 0 Å². The third-order valence-corrected chi connectivity index (χ3v) is 11.6. The van der Waals surface area contributed by atoms with Crippen LogP contribution >= 0.6 is 0 Å². The van der Waals surface area contributed by atoms with Crippen molar-refractivity contribution in [2.45, 2.75) is 284 Å². The van der Waals surface area contributed by atoms with Crippen LogP contribution in [0.3, 0.4) is 0 Å². The number of unbranched alkanes of at least 4 members (excludes halogenated alkanes) is 31. The Morgan fingerprint density at radius 1 is 0.328 bits per heavy atom. The Balaban J connectivity index is 4.34. The fourth-order valence-corrected chi connectivity index (χ4v) is 7.59. The molecular weight excluding hydrogens is 757 g/mol. The monoisotopic (exact) mass is 857 g/mol. The van der Waals surface area contributed by atoms with Gasteiger partial charge >= 0.3 is 17.9 Å². The Hall–Kier alpha value is -2.37. The van der Waals surface area contributed by atoms with Gasteiger partial charge in [-0.2, -0.15) is 0 Å². The molecule has 0 radical (unpaired) electrons. The summed E-state index contributed by atoms with van der Waals surface area (Å²) in [5, 5.41) is 0. The number of rotatable bonds is 48. The molecule has 61 heavy (non-hydrogen) atoms. The number of carbonyl (C=O) groups is 3. The highest BCUT2D eigenvalue weighted by atomic mass is 16.6. The number of carbonyl (C=O) groups excluding carboxylic acids is 3. The number of hydrogen-bond acceptors (Lipinski definition) is 6. The molecule has 6 nitrogen and oxygen atoms in total. The second-order valence-corrected chi connectivity index (χ2v) is 17.8. The summed E-state index contributed by atoms with van der Waals surface area (Å²) < 4.78 is 16.8. The van der Waals surface area contributed by atoms with Crippen LogP contribution in [0, 0.1) is 0 Å². The lowest BCUT2D eigenvalue weighted by Gasteiger charge is -2.18. The van der Waals surface area contributed by atoms with Crippen molar-refractivity contribution in [3.8, 4) is 0 Å². The summed E-state index contributed by atoms with van der Waals surface area (Å²) in [7, 11) is 0. The third-order valence-electron chi connectivity index (χ3n) is 11.6. The zero-order valence-electron chi connectivity index (χ0n) is 40.7. The van der Waals surface area contributed by atoms with E-state index in [1.165, 1.54) is 161 Å². The van der Waals surface area contributed by atoms with Crippen LogP contribution in [0.5, 0.6) is 0 Å². The van der Waals surface area contributed by atoms with E-state index in [9.17, 15) is 14.4 Å². The summed E-state index contributed by atoms with van der Waals surface area (Å²) in [5.41, 5.74) is 0. The van der Waals surface area contributed by atoms with Gasteiger partial charge in [-0.1, -0.05) is 218 Å². The molecule has 0 rings (SSSR count). The normalized spacial score (nSPS) is 12.2. The maximum atomic E-state index is 12.8. The predicted molar refractivity (Wildman–Crippen MR) is 261 cm³/mol. The van der Waals surface area contributed by atoms with E-state index in [2.05, 4.69) is 57.2 Å². The number of esters is 3. The van der Waals surface area contributed by atoms with Gasteiger partial charge in [0.05, 0.1) is 0 Å². The molecule has 0 bridgehead atoms. The van der Waals surface area contributed by atoms with E-state index in [1.807, 2.05) is 0 Å². The van der Waals surface area contributed by atoms with Crippen LogP contribution in [-0.2, 0) is 28.6 Å². The molecule has 0 aliphatic carbocycles. The van der Waals surface area contributed by atoms with Crippen molar-refractivity contribution in [2.75, 3.05) is 13.2 Å². The second-order valence-electron chi connectivity index (χ2n) is 17.8. The standard InChI is InChI=1S/C55H100O6/c1-4-7-10-13-16-19-22-24-26-27-28-29-31-33-36-39-42-45-48-54(57)60-51-52(50-59-53(56)47-44-41-38-35-32-21-18-15-12-9-6-3)61-55(58)49-46-43-40-37-34-30-25-23-20-17-14-11-8-5-2/h19,22-23,25-27,52H,4-18,20-21,24,28-51H2,1-3H3/b22-19-,25-23-,27-26-. The fourth-order valence-electron chi connectivity index (χ4n) is 7.59. The number of ether oxygens (including phenoxy) is 3. The highest BCUT2D eigenvalue weighted by Gasteiger charge is 2.19. The zero-order valence-corrected chi connectivity index (χ0v) is 40.7. The molecule has 0 amide bonds. The van der Waals surface area contributed by atoms with Crippen molar-refractivity contribution in [3.05, 3.63) is 36.5 Å². The lowest BCUT2D eigenvalue weighted by molar-refractivity contribution is -0.167. The Morgan fingerprint density at radius 2 is 0.590 bits per heavy atom. The van der Waals surface area contributed by atoms with Crippen LogP contribution in [0.2, 0.25) is 0 Å². The molecule has 0 aromatic carbocycles. The molecule has 0 aromatic rings. The van der Waals surface area contributed by atoms with E-state index >= 15 is 0 Å². The van der Waals surface area contributed by atoms with Gasteiger partial charge in [-0.3, -0.25) is 14.4 Å². The van der Waals surface area contributed by atoms with Crippen LogP contribution < -0.4 is 0 Å². The summed E-state index contributed by atoms with van der Waals surface area (Å²) >= 11 is 0. The van der Waals surface area contributed by atoms with Gasteiger partial charge in [-0.05, 0) is 77.0 Å². The van der Waals surface area contributed by atoms with Gasteiger partial charge in [0.2, 0.25) is 0 Å². The molecular formula is C55H100O6. The Labute approximate surface area is 378 Å². The van der Waals surface area contributed by atoms with Crippen LogP contribution in [-0.4, -0.2) is 37.2 Å². The van der Waals surface area contributed by atoms with Gasteiger partial charge in [-0.25, -0.2) is 0 Å². The molecule has 0 aliphatic rings. The molecule has 0 aromatic heterocycles. The van der Waals surface area contributed by atoms with Crippen LogP contribution in [0.1, 0.15) is 278 Å². The van der Waals surface area contributed by atoms with Crippen molar-refractivity contribution in [1.29, 1.82) is 0 Å². The van der Waals surface area contributed by atoms with Crippen molar-refractivity contribution in [2.24, 2.45) is 0 Å². The SMILES string of the molecule is CCCCCC/C=C\C/C=C\CCCCCCCCCC(=O)OCC(COC(=O)CCCCCCCCCCCCC)OC(=O)CCCCCCC/C=C\CCCCCCC. The van der Waals surface area contributed by atoms with Gasteiger partial charge in [0.25, 0.3) is 0 Å². The first-order valence-corrected chi connectivity index (χ1v) is 26.5. The lowest BCUT2D eigenvalue weighted by atomic mass is 10.1. The first kappa shape index (κ1) is 58.6. The lowest BCUT2D eigenvalue weighted by Crippen LogP contribution is -2.30. The quantitative estimate of drug-likeness (QED) is 0.0262. The van der Waals surface area contributed by atoms with E-state index in [-0.39, 0.29) is 31.1 Å². The summed E-state index contributed by atoms with van der Waals surface area (Å²) in [4.78, 5) is 37.9. The predicted octanol–water partition coefficient (Wildman–Crippen LogP) is 17.3. The molecule has 0 saturated carbocycles. The Bertz CT molecular complexity index is 1030. The first-order valence-electron chi connectivity index (χ1n) is 26.5. The molecule has 1 unspecified atom stereocenters. The zero-order chi connectivity index (χ0) is 44.4.